The van der Waals surface area contributed by atoms with Gasteiger partial charge in [0.1, 0.15) is 0 Å². The number of rotatable bonds is 4. The standard InChI is InChI=1S/C9H12F2N2O2/c1-14-7-5(3-12)4-13-6(9(10)11)8(7)15-2/h4,9H,3,12H2,1-2H3. The lowest BCUT2D eigenvalue weighted by Crippen LogP contribution is -2.06. The molecule has 15 heavy (non-hydrogen) atoms. The smallest absolute Gasteiger partial charge is 0.284 e. The number of halogens is 2. The van der Waals surface area contributed by atoms with Crippen molar-refractivity contribution in [2.24, 2.45) is 5.73 Å². The summed E-state index contributed by atoms with van der Waals surface area (Å²) in [7, 11) is 2.65. The van der Waals surface area contributed by atoms with Gasteiger partial charge in [0.15, 0.2) is 17.2 Å². The fourth-order valence-electron chi connectivity index (χ4n) is 1.25. The Balaban J connectivity index is 3.34. The molecule has 6 heteroatoms. The van der Waals surface area contributed by atoms with Crippen molar-refractivity contribution >= 4 is 0 Å². The van der Waals surface area contributed by atoms with E-state index in [1.165, 1.54) is 20.4 Å². The highest BCUT2D eigenvalue weighted by Gasteiger charge is 2.21. The number of aromatic nitrogens is 1. The van der Waals surface area contributed by atoms with Gasteiger partial charge in [-0.1, -0.05) is 0 Å². The predicted molar refractivity (Wildman–Crippen MR) is 50.2 cm³/mol. The van der Waals surface area contributed by atoms with Gasteiger partial charge in [-0.3, -0.25) is 4.98 Å². The van der Waals surface area contributed by atoms with Gasteiger partial charge in [0.25, 0.3) is 6.43 Å². The van der Waals surface area contributed by atoms with Crippen LogP contribution >= 0.6 is 0 Å². The third-order valence-electron chi connectivity index (χ3n) is 1.92. The van der Waals surface area contributed by atoms with Crippen molar-refractivity contribution in [2.45, 2.75) is 13.0 Å². The largest absolute Gasteiger partial charge is 0.492 e. The highest BCUT2D eigenvalue weighted by Crippen LogP contribution is 2.37. The van der Waals surface area contributed by atoms with E-state index in [9.17, 15) is 8.78 Å². The first-order chi connectivity index (χ1) is 7.15. The Morgan fingerprint density at radius 1 is 1.33 bits per heavy atom. The lowest BCUT2D eigenvalue weighted by molar-refractivity contribution is 0.140. The molecule has 0 saturated heterocycles. The quantitative estimate of drug-likeness (QED) is 0.831. The lowest BCUT2D eigenvalue weighted by atomic mass is 10.2. The number of methoxy groups -OCH3 is 2. The van der Waals surface area contributed by atoms with Crippen molar-refractivity contribution in [3.05, 3.63) is 17.5 Å². The second-order valence-electron chi connectivity index (χ2n) is 2.74. The molecule has 4 nitrogen and oxygen atoms in total. The monoisotopic (exact) mass is 218 g/mol. The number of nitrogens with two attached hydrogens (primary N) is 1. The van der Waals surface area contributed by atoms with Gasteiger partial charge in [0.2, 0.25) is 0 Å². The Morgan fingerprint density at radius 3 is 2.33 bits per heavy atom. The maximum absolute atomic E-state index is 12.5. The van der Waals surface area contributed by atoms with E-state index < -0.39 is 12.1 Å². The van der Waals surface area contributed by atoms with Crippen LogP contribution in [-0.2, 0) is 6.54 Å². The van der Waals surface area contributed by atoms with Gasteiger partial charge in [-0.15, -0.1) is 0 Å². The molecule has 0 aliphatic carbocycles. The SMILES string of the molecule is COc1c(CN)cnc(C(F)F)c1OC. The van der Waals surface area contributed by atoms with Gasteiger partial charge in [0.05, 0.1) is 14.2 Å². The van der Waals surface area contributed by atoms with Crippen LogP contribution in [0.1, 0.15) is 17.7 Å². The summed E-state index contributed by atoms with van der Waals surface area (Å²) in [6.45, 7) is 0.149. The molecule has 0 aromatic carbocycles. The minimum absolute atomic E-state index is 0.0598. The first-order valence-corrected chi connectivity index (χ1v) is 4.23. The van der Waals surface area contributed by atoms with Crippen molar-refractivity contribution < 1.29 is 18.3 Å². The van der Waals surface area contributed by atoms with Crippen LogP contribution < -0.4 is 15.2 Å². The maximum atomic E-state index is 12.5. The number of hydrogen-bond acceptors (Lipinski definition) is 4. The highest BCUT2D eigenvalue weighted by molar-refractivity contribution is 5.48. The Bertz CT molecular complexity index is 345. The summed E-state index contributed by atoms with van der Waals surface area (Å²) in [5.41, 5.74) is 5.50. The van der Waals surface area contributed by atoms with Crippen LogP contribution in [0, 0.1) is 0 Å². The average Bonchev–Trinajstić information content (AvgIpc) is 2.26. The summed E-state index contributed by atoms with van der Waals surface area (Å²) in [5.74, 6) is 0.153. The van der Waals surface area contributed by atoms with E-state index in [4.69, 9.17) is 15.2 Å². The summed E-state index contributed by atoms with van der Waals surface area (Å²) in [5, 5.41) is 0. The number of hydrogen-bond donors (Lipinski definition) is 1. The molecule has 1 aromatic rings. The van der Waals surface area contributed by atoms with Crippen molar-refractivity contribution in [1.29, 1.82) is 0 Å². The summed E-state index contributed by atoms with van der Waals surface area (Å²) in [4.78, 5) is 3.59. The van der Waals surface area contributed by atoms with E-state index in [0.29, 0.717) is 5.56 Å². The van der Waals surface area contributed by atoms with Crippen molar-refractivity contribution in [3.63, 3.8) is 0 Å². The fraction of sp³-hybridized carbons (Fsp3) is 0.444. The number of ether oxygens (including phenoxy) is 2. The maximum Gasteiger partial charge on any atom is 0.284 e. The third-order valence-corrected chi connectivity index (χ3v) is 1.92. The van der Waals surface area contributed by atoms with Crippen molar-refractivity contribution in [2.75, 3.05) is 14.2 Å². The van der Waals surface area contributed by atoms with Crippen LogP contribution in [-0.4, -0.2) is 19.2 Å². The van der Waals surface area contributed by atoms with Crippen LogP contribution in [0.15, 0.2) is 6.20 Å². The molecule has 0 aliphatic rings. The summed E-state index contributed by atoms with van der Waals surface area (Å²) >= 11 is 0. The number of alkyl halides is 2. The molecule has 0 fully saturated rings. The van der Waals surface area contributed by atoms with Gasteiger partial charge in [-0.05, 0) is 0 Å². The summed E-state index contributed by atoms with van der Waals surface area (Å²) < 4.78 is 34.9. The van der Waals surface area contributed by atoms with E-state index in [-0.39, 0.29) is 18.0 Å². The topological polar surface area (TPSA) is 57.4 Å². The molecule has 0 bridgehead atoms. The predicted octanol–water partition coefficient (Wildman–Crippen LogP) is 1.50. The summed E-state index contributed by atoms with van der Waals surface area (Å²) in [6, 6.07) is 0. The van der Waals surface area contributed by atoms with Gasteiger partial charge in [-0.2, -0.15) is 0 Å². The van der Waals surface area contributed by atoms with Gasteiger partial charge in [0, 0.05) is 18.3 Å². The Labute approximate surface area is 86.0 Å². The first-order valence-electron chi connectivity index (χ1n) is 4.23. The zero-order chi connectivity index (χ0) is 11.4. The van der Waals surface area contributed by atoms with Crippen molar-refractivity contribution in [1.82, 2.24) is 4.98 Å². The van der Waals surface area contributed by atoms with E-state index in [2.05, 4.69) is 4.98 Å². The van der Waals surface area contributed by atoms with E-state index in [1.54, 1.807) is 0 Å². The zero-order valence-corrected chi connectivity index (χ0v) is 8.46. The van der Waals surface area contributed by atoms with Gasteiger partial charge >= 0.3 is 0 Å². The van der Waals surface area contributed by atoms with Gasteiger partial charge < -0.3 is 15.2 Å². The molecule has 1 heterocycles. The number of nitrogens with zero attached hydrogens (tertiary/aromatic N) is 1. The second-order valence-corrected chi connectivity index (χ2v) is 2.74. The lowest BCUT2D eigenvalue weighted by Gasteiger charge is -2.14. The van der Waals surface area contributed by atoms with Crippen LogP contribution in [0.3, 0.4) is 0 Å². The first kappa shape index (κ1) is 11.6. The highest BCUT2D eigenvalue weighted by atomic mass is 19.3. The Kier molecular flexibility index (Phi) is 3.79. The van der Waals surface area contributed by atoms with E-state index in [0.717, 1.165) is 0 Å². The molecule has 0 atom stereocenters. The second kappa shape index (κ2) is 4.88. The average molecular weight is 218 g/mol. The van der Waals surface area contributed by atoms with Crippen LogP contribution in [0.25, 0.3) is 0 Å². The normalized spacial score (nSPS) is 10.5. The minimum Gasteiger partial charge on any atom is -0.492 e. The third kappa shape index (κ3) is 2.15. The Morgan fingerprint density at radius 2 is 1.93 bits per heavy atom. The molecule has 0 saturated carbocycles. The van der Waals surface area contributed by atoms with Gasteiger partial charge in [-0.25, -0.2) is 8.78 Å². The molecule has 0 spiro atoms. The number of pyridine rings is 1. The molecule has 84 valence electrons. The van der Waals surface area contributed by atoms with Crippen LogP contribution in [0.4, 0.5) is 8.78 Å². The molecule has 1 rings (SSSR count). The molecule has 0 aliphatic heterocycles. The molecule has 1 aromatic heterocycles. The fourth-order valence-corrected chi connectivity index (χ4v) is 1.25. The molecule has 0 amide bonds. The molecular weight excluding hydrogens is 206 g/mol. The Hall–Kier alpha value is -1.43. The van der Waals surface area contributed by atoms with Crippen molar-refractivity contribution in [3.8, 4) is 11.5 Å². The summed E-state index contributed by atoms with van der Waals surface area (Å²) in [6.07, 6.45) is -1.44. The van der Waals surface area contributed by atoms with Crippen LogP contribution in [0.2, 0.25) is 0 Å². The van der Waals surface area contributed by atoms with E-state index >= 15 is 0 Å². The molecule has 0 unspecified atom stereocenters. The van der Waals surface area contributed by atoms with Crippen LogP contribution in [0.5, 0.6) is 11.5 Å². The molecule has 0 radical (unpaired) electrons. The minimum atomic E-state index is -2.71. The zero-order valence-electron chi connectivity index (χ0n) is 8.46. The molecule has 2 N–H and O–H groups in total. The van der Waals surface area contributed by atoms with E-state index in [1.807, 2.05) is 0 Å². The molecular formula is C9H12F2N2O2.